The summed E-state index contributed by atoms with van der Waals surface area (Å²) in [7, 11) is 0. The highest BCUT2D eigenvalue weighted by molar-refractivity contribution is 5.81. The SMILES string of the molecule is C=CCc1cccc(O)c1-c1c(O)cccc1CC=C. The maximum Gasteiger partial charge on any atom is 0.123 e. The Labute approximate surface area is 119 Å². The molecule has 0 bridgehead atoms. The van der Waals surface area contributed by atoms with Crippen molar-refractivity contribution in [2.45, 2.75) is 12.8 Å². The fourth-order valence-electron chi connectivity index (χ4n) is 2.40. The molecule has 0 aliphatic carbocycles. The summed E-state index contributed by atoms with van der Waals surface area (Å²) in [5.41, 5.74) is 3.21. The van der Waals surface area contributed by atoms with Gasteiger partial charge in [-0.3, -0.25) is 0 Å². The third kappa shape index (κ3) is 2.59. The summed E-state index contributed by atoms with van der Waals surface area (Å²) >= 11 is 0. The van der Waals surface area contributed by atoms with Crippen LogP contribution in [0.1, 0.15) is 11.1 Å². The van der Waals surface area contributed by atoms with Crippen LogP contribution in [-0.2, 0) is 12.8 Å². The zero-order chi connectivity index (χ0) is 14.5. The molecule has 0 spiro atoms. The Morgan fingerprint density at radius 3 is 1.50 bits per heavy atom. The van der Waals surface area contributed by atoms with Crippen LogP contribution in [-0.4, -0.2) is 10.2 Å². The lowest BCUT2D eigenvalue weighted by Crippen LogP contribution is -1.94. The van der Waals surface area contributed by atoms with Gasteiger partial charge in [0, 0.05) is 11.1 Å². The second kappa shape index (κ2) is 6.11. The Bertz CT molecular complexity index is 584. The van der Waals surface area contributed by atoms with E-state index in [2.05, 4.69) is 13.2 Å². The first kappa shape index (κ1) is 13.9. The van der Waals surface area contributed by atoms with Crippen LogP contribution in [0.4, 0.5) is 0 Å². The van der Waals surface area contributed by atoms with E-state index in [1.165, 1.54) is 0 Å². The summed E-state index contributed by atoms with van der Waals surface area (Å²) in [6, 6.07) is 10.7. The van der Waals surface area contributed by atoms with Crippen molar-refractivity contribution in [3.63, 3.8) is 0 Å². The molecule has 0 unspecified atom stereocenters. The summed E-state index contributed by atoms with van der Waals surface area (Å²) in [5, 5.41) is 20.4. The monoisotopic (exact) mass is 266 g/mol. The van der Waals surface area contributed by atoms with Gasteiger partial charge in [0.2, 0.25) is 0 Å². The average Bonchev–Trinajstić information content (AvgIpc) is 2.42. The van der Waals surface area contributed by atoms with E-state index < -0.39 is 0 Å². The van der Waals surface area contributed by atoms with E-state index in [9.17, 15) is 10.2 Å². The first-order valence-electron chi connectivity index (χ1n) is 6.53. The molecule has 0 heterocycles. The van der Waals surface area contributed by atoms with E-state index >= 15 is 0 Å². The molecular formula is C18H18O2. The van der Waals surface area contributed by atoms with Crippen molar-refractivity contribution in [2.75, 3.05) is 0 Å². The molecule has 2 N–H and O–H groups in total. The molecule has 2 aromatic rings. The molecular weight excluding hydrogens is 248 g/mol. The molecule has 2 heteroatoms. The molecule has 102 valence electrons. The normalized spacial score (nSPS) is 10.2. The van der Waals surface area contributed by atoms with Crippen molar-refractivity contribution >= 4 is 0 Å². The summed E-state index contributed by atoms with van der Waals surface area (Å²) in [6.07, 6.45) is 4.83. The number of phenols is 2. The Morgan fingerprint density at radius 2 is 1.15 bits per heavy atom. The van der Waals surface area contributed by atoms with Gasteiger partial charge in [0.05, 0.1) is 0 Å². The van der Waals surface area contributed by atoms with E-state index in [-0.39, 0.29) is 11.5 Å². The van der Waals surface area contributed by atoms with Crippen molar-refractivity contribution in [3.05, 3.63) is 72.8 Å². The average molecular weight is 266 g/mol. The third-order valence-corrected chi connectivity index (χ3v) is 3.24. The van der Waals surface area contributed by atoms with Crippen LogP contribution in [0.5, 0.6) is 11.5 Å². The zero-order valence-corrected chi connectivity index (χ0v) is 11.3. The highest BCUT2D eigenvalue weighted by Gasteiger charge is 2.16. The first-order valence-corrected chi connectivity index (χ1v) is 6.53. The number of rotatable bonds is 5. The smallest absolute Gasteiger partial charge is 0.123 e. The van der Waals surface area contributed by atoms with E-state index in [1.54, 1.807) is 36.4 Å². The predicted octanol–water partition coefficient (Wildman–Crippen LogP) is 4.22. The summed E-state index contributed by atoms with van der Waals surface area (Å²) in [4.78, 5) is 0. The van der Waals surface area contributed by atoms with Gasteiger partial charge in [-0.25, -0.2) is 0 Å². The molecule has 2 nitrogen and oxygen atoms in total. The molecule has 0 radical (unpaired) electrons. The van der Waals surface area contributed by atoms with Crippen LogP contribution in [0.2, 0.25) is 0 Å². The van der Waals surface area contributed by atoms with E-state index in [0.717, 1.165) is 11.1 Å². The fourth-order valence-corrected chi connectivity index (χ4v) is 2.40. The summed E-state index contributed by atoms with van der Waals surface area (Å²) < 4.78 is 0. The summed E-state index contributed by atoms with van der Waals surface area (Å²) in [5.74, 6) is 0.326. The van der Waals surface area contributed by atoms with Gasteiger partial charge in [-0.15, -0.1) is 13.2 Å². The second-order valence-corrected chi connectivity index (χ2v) is 4.61. The van der Waals surface area contributed by atoms with Gasteiger partial charge >= 0.3 is 0 Å². The molecule has 0 aromatic heterocycles. The van der Waals surface area contributed by atoms with Crippen LogP contribution in [0, 0.1) is 0 Å². The van der Waals surface area contributed by atoms with Gasteiger partial charge in [0.25, 0.3) is 0 Å². The quantitative estimate of drug-likeness (QED) is 0.795. The Kier molecular flexibility index (Phi) is 4.26. The maximum atomic E-state index is 10.2. The molecule has 2 aromatic carbocycles. The molecule has 0 amide bonds. The van der Waals surface area contributed by atoms with E-state index in [4.69, 9.17) is 0 Å². The largest absolute Gasteiger partial charge is 0.507 e. The van der Waals surface area contributed by atoms with Crippen LogP contribution >= 0.6 is 0 Å². The third-order valence-electron chi connectivity index (χ3n) is 3.24. The molecule has 0 aliphatic heterocycles. The number of hydrogen-bond donors (Lipinski definition) is 2. The Morgan fingerprint density at radius 1 is 0.750 bits per heavy atom. The lowest BCUT2D eigenvalue weighted by molar-refractivity contribution is 0.468. The standard InChI is InChI=1S/C18H18O2/c1-3-7-13-9-5-11-15(19)17(13)18-14(8-4-2)10-6-12-16(18)20/h3-6,9-12,19-20H,1-2,7-8H2. The van der Waals surface area contributed by atoms with Crippen molar-refractivity contribution < 1.29 is 10.2 Å². The highest BCUT2D eigenvalue weighted by Crippen LogP contribution is 2.40. The van der Waals surface area contributed by atoms with Crippen molar-refractivity contribution in [3.8, 4) is 22.6 Å². The highest BCUT2D eigenvalue weighted by atomic mass is 16.3. The molecule has 0 saturated heterocycles. The van der Waals surface area contributed by atoms with Gasteiger partial charge in [0.1, 0.15) is 11.5 Å². The Hall–Kier alpha value is -2.48. The minimum atomic E-state index is 0.163. The van der Waals surface area contributed by atoms with Crippen molar-refractivity contribution in [1.29, 1.82) is 0 Å². The van der Waals surface area contributed by atoms with Crippen molar-refractivity contribution in [1.82, 2.24) is 0 Å². The zero-order valence-electron chi connectivity index (χ0n) is 11.3. The van der Waals surface area contributed by atoms with Gasteiger partial charge in [-0.05, 0) is 36.1 Å². The van der Waals surface area contributed by atoms with Gasteiger partial charge in [0.15, 0.2) is 0 Å². The lowest BCUT2D eigenvalue weighted by atomic mass is 9.91. The first-order chi connectivity index (χ1) is 9.69. The van der Waals surface area contributed by atoms with E-state index in [1.807, 2.05) is 12.1 Å². The lowest BCUT2D eigenvalue weighted by Gasteiger charge is -2.15. The van der Waals surface area contributed by atoms with Crippen LogP contribution in [0.15, 0.2) is 61.7 Å². The van der Waals surface area contributed by atoms with Crippen molar-refractivity contribution in [2.24, 2.45) is 0 Å². The number of aromatic hydroxyl groups is 2. The predicted molar refractivity (Wildman–Crippen MR) is 83.0 cm³/mol. The maximum absolute atomic E-state index is 10.2. The summed E-state index contributed by atoms with van der Waals surface area (Å²) in [6.45, 7) is 7.48. The van der Waals surface area contributed by atoms with Crippen LogP contribution in [0.3, 0.4) is 0 Å². The number of benzene rings is 2. The molecule has 0 aliphatic rings. The van der Waals surface area contributed by atoms with Gasteiger partial charge < -0.3 is 10.2 Å². The second-order valence-electron chi connectivity index (χ2n) is 4.61. The van der Waals surface area contributed by atoms with E-state index in [0.29, 0.717) is 24.0 Å². The van der Waals surface area contributed by atoms with Crippen LogP contribution < -0.4 is 0 Å². The molecule has 0 saturated carbocycles. The molecule has 0 fully saturated rings. The van der Waals surface area contributed by atoms with Crippen LogP contribution in [0.25, 0.3) is 11.1 Å². The minimum Gasteiger partial charge on any atom is -0.507 e. The fraction of sp³-hybridized carbons (Fsp3) is 0.111. The van der Waals surface area contributed by atoms with Gasteiger partial charge in [-0.1, -0.05) is 36.4 Å². The number of phenolic OH excluding ortho intramolecular Hbond substituents is 2. The molecule has 2 rings (SSSR count). The topological polar surface area (TPSA) is 40.5 Å². The Balaban J connectivity index is 2.73. The molecule has 20 heavy (non-hydrogen) atoms. The number of allylic oxidation sites excluding steroid dienone is 2. The molecule has 0 atom stereocenters. The van der Waals surface area contributed by atoms with Gasteiger partial charge in [-0.2, -0.15) is 0 Å². The number of hydrogen-bond acceptors (Lipinski definition) is 2. The minimum absolute atomic E-state index is 0.163.